The first-order valence-corrected chi connectivity index (χ1v) is 3.11. The number of rotatable bonds is 3. The van der Waals surface area contributed by atoms with E-state index in [2.05, 4.69) is 11.9 Å². The molecular formula is C7H10NO. The molecule has 0 fully saturated rings. The molecule has 0 atom stereocenters. The Labute approximate surface area is 54.9 Å². The molecule has 0 aromatic carbocycles. The molecule has 0 aliphatic heterocycles. The van der Waals surface area contributed by atoms with Crippen LogP contribution >= 0.6 is 0 Å². The van der Waals surface area contributed by atoms with Crippen molar-refractivity contribution in [2.45, 2.75) is 19.3 Å². The minimum absolute atomic E-state index is 0.818. The average Bonchev–Trinajstić information content (AvgIpc) is 2.34. The summed E-state index contributed by atoms with van der Waals surface area (Å²) in [6.07, 6.45) is 6.18. The molecule has 0 N–H and O–H groups in total. The fourth-order valence-corrected chi connectivity index (χ4v) is 0.653. The maximum Gasteiger partial charge on any atom is 0.193 e. The predicted molar refractivity (Wildman–Crippen MR) is 34.8 cm³/mol. The molecule has 1 aromatic heterocycles. The van der Waals surface area contributed by atoms with Crippen molar-refractivity contribution in [1.82, 2.24) is 4.98 Å². The van der Waals surface area contributed by atoms with Crippen molar-refractivity contribution in [2.24, 2.45) is 0 Å². The zero-order chi connectivity index (χ0) is 6.53. The van der Waals surface area contributed by atoms with Gasteiger partial charge in [0.15, 0.2) is 5.89 Å². The van der Waals surface area contributed by atoms with Gasteiger partial charge in [0.2, 0.25) is 0 Å². The van der Waals surface area contributed by atoms with Gasteiger partial charge in [-0.25, -0.2) is 4.98 Å². The summed E-state index contributed by atoms with van der Waals surface area (Å²) in [5.74, 6) is 0.818. The van der Waals surface area contributed by atoms with Crippen molar-refractivity contribution >= 4 is 0 Å². The van der Waals surface area contributed by atoms with Gasteiger partial charge < -0.3 is 4.42 Å². The van der Waals surface area contributed by atoms with Crippen LogP contribution in [0, 0.1) is 6.92 Å². The number of aryl methyl sites for hydroxylation is 1. The third kappa shape index (κ3) is 1.88. The summed E-state index contributed by atoms with van der Waals surface area (Å²) in [6, 6.07) is 0. The lowest BCUT2D eigenvalue weighted by Gasteiger charge is -1.88. The molecule has 0 saturated heterocycles. The van der Waals surface area contributed by atoms with Crippen LogP contribution in [0.4, 0.5) is 0 Å². The maximum absolute atomic E-state index is 5.00. The Morgan fingerprint density at radius 1 is 1.67 bits per heavy atom. The van der Waals surface area contributed by atoms with Crippen LogP contribution in [0.1, 0.15) is 18.7 Å². The maximum atomic E-state index is 5.00. The Kier molecular flexibility index (Phi) is 2.31. The van der Waals surface area contributed by atoms with Crippen molar-refractivity contribution in [3.8, 4) is 0 Å². The molecule has 0 saturated carbocycles. The highest BCUT2D eigenvalue weighted by Gasteiger charge is 1.93. The SMILES string of the molecule is [CH2]CCCc1ncco1. The molecule has 49 valence electrons. The highest BCUT2D eigenvalue weighted by molar-refractivity contribution is 4.79. The van der Waals surface area contributed by atoms with E-state index in [1.165, 1.54) is 0 Å². The number of aromatic nitrogens is 1. The van der Waals surface area contributed by atoms with Crippen molar-refractivity contribution in [1.29, 1.82) is 0 Å². The van der Waals surface area contributed by atoms with E-state index in [0.717, 1.165) is 25.2 Å². The molecule has 9 heavy (non-hydrogen) atoms. The second-order valence-corrected chi connectivity index (χ2v) is 1.88. The first-order chi connectivity index (χ1) is 4.43. The van der Waals surface area contributed by atoms with E-state index in [1.807, 2.05) is 0 Å². The second-order valence-electron chi connectivity index (χ2n) is 1.88. The van der Waals surface area contributed by atoms with Gasteiger partial charge in [-0.2, -0.15) is 0 Å². The van der Waals surface area contributed by atoms with Crippen LogP contribution in [0.3, 0.4) is 0 Å². The van der Waals surface area contributed by atoms with Crippen molar-refractivity contribution < 1.29 is 4.42 Å². The topological polar surface area (TPSA) is 26.0 Å². The molecule has 0 amide bonds. The summed E-state index contributed by atoms with van der Waals surface area (Å²) in [7, 11) is 0. The number of nitrogens with zero attached hydrogens (tertiary/aromatic N) is 1. The Morgan fingerprint density at radius 2 is 2.56 bits per heavy atom. The number of oxazole rings is 1. The van der Waals surface area contributed by atoms with Crippen molar-refractivity contribution in [2.75, 3.05) is 0 Å². The van der Waals surface area contributed by atoms with Gasteiger partial charge in [-0.1, -0.05) is 13.3 Å². The largest absolute Gasteiger partial charge is 0.449 e. The summed E-state index contributed by atoms with van der Waals surface area (Å²) in [5.41, 5.74) is 0. The molecule has 2 heteroatoms. The van der Waals surface area contributed by atoms with Gasteiger partial charge in [-0.05, 0) is 6.42 Å². The Morgan fingerprint density at radius 3 is 3.11 bits per heavy atom. The Bertz CT molecular complexity index is 146. The zero-order valence-corrected chi connectivity index (χ0v) is 5.34. The van der Waals surface area contributed by atoms with Crippen molar-refractivity contribution in [3.05, 3.63) is 25.3 Å². The lowest BCUT2D eigenvalue weighted by atomic mass is 10.2. The van der Waals surface area contributed by atoms with Gasteiger partial charge in [0.25, 0.3) is 0 Å². The smallest absolute Gasteiger partial charge is 0.193 e. The monoisotopic (exact) mass is 124 g/mol. The molecule has 1 heterocycles. The van der Waals surface area contributed by atoms with Crippen LogP contribution in [0.2, 0.25) is 0 Å². The highest BCUT2D eigenvalue weighted by Crippen LogP contribution is 1.99. The molecular weight excluding hydrogens is 114 g/mol. The fourth-order valence-electron chi connectivity index (χ4n) is 0.653. The van der Waals surface area contributed by atoms with E-state index in [4.69, 9.17) is 4.42 Å². The van der Waals surface area contributed by atoms with Crippen LogP contribution in [0.5, 0.6) is 0 Å². The van der Waals surface area contributed by atoms with Gasteiger partial charge in [0, 0.05) is 6.42 Å². The normalized spacial score (nSPS) is 9.89. The number of hydrogen-bond acceptors (Lipinski definition) is 2. The van der Waals surface area contributed by atoms with E-state index < -0.39 is 0 Å². The standard InChI is InChI=1S/C7H10NO/c1-2-3-4-7-8-5-6-9-7/h5-6H,1-4H2. The fraction of sp³-hybridized carbons (Fsp3) is 0.429. The highest BCUT2D eigenvalue weighted by atomic mass is 16.3. The molecule has 0 aliphatic rings. The summed E-state index contributed by atoms with van der Waals surface area (Å²) >= 11 is 0. The van der Waals surface area contributed by atoms with Gasteiger partial charge in [-0.15, -0.1) is 0 Å². The number of hydrogen-bond donors (Lipinski definition) is 0. The lowest BCUT2D eigenvalue weighted by molar-refractivity contribution is 0.488. The quantitative estimate of drug-likeness (QED) is 0.614. The molecule has 0 unspecified atom stereocenters. The van der Waals surface area contributed by atoms with Crippen LogP contribution in [-0.2, 0) is 6.42 Å². The predicted octanol–water partition coefficient (Wildman–Crippen LogP) is 1.83. The average molecular weight is 124 g/mol. The minimum atomic E-state index is 0.818. The zero-order valence-electron chi connectivity index (χ0n) is 5.34. The van der Waals surface area contributed by atoms with Crippen molar-refractivity contribution in [3.63, 3.8) is 0 Å². The summed E-state index contributed by atoms with van der Waals surface area (Å²) < 4.78 is 5.00. The van der Waals surface area contributed by atoms with Gasteiger partial charge in [-0.3, -0.25) is 0 Å². The second kappa shape index (κ2) is 3.28. The molecule has 1 aromatic rings. The molecule has 1 radical (unpaired) electrons. The van der Waals surface area contributed by atoms with E-state index in [1.54, 1.807) is 12.5 Å². The van der Waals surface area contributed by atoms with Crippen LogP contribution in [-0.4, -0.2) is 4.98 Å². The van der Waals surface area contributed by atoms with E-state index >= 15 is 0 Å². The van der Waals surface area contributed by atoms with Crippen LogP contribution in [0.25, 0.3) is 0 Å². The minimum Gasteiger partial charge on any atom is -0.449 e. The Balaban J connectivity index is 2.30. The van der Waals surface area contributed by atoms with E-state index in [9.17, 15) is 0 Å². The molecule has 0 aliphatic carbocycles. The van der Waals surface area contributed by atoms with Gasteiger partial charge in [0.1, 0.15) is 6.26 Å². The molecule has 0 spiro atoms. The van der Waals surface area contributed by atoms with E-state index in [0.29, 0.717) is 0 Å². The first kappa shape index (κ1) is 6.33. The summed E-state index contributed by atoms with van der Waals surface area (Å²) in [4.78, 5) is 3.96. The van der Waals surface area contributed by atoms with Gasteiger partial charge in [0.05, 0.1) is 6.20 Å². The van der Waals surface area contributed by atoms with Crippen LogP contribution < -0.4 is 0 Å². The first-order valence-electron chi connectivity index (χ1n) is 3.11. The summed E-state index contributed by atoms with van der Waals surface area (Å²) in [5, 5.41) is 0. The molecule has 1 rings (SSSR count). The molecule has 0 bridgehead atoms. The molecule has 2 nitrogen and oxygen atoms in total. The third-order valence-corrected chi connectivity index (χ3v) is 1.12. The summed E-state index contributed by atoms with van der Waals surface area (Å²) in [6.45, 7) is 3.72. The van der Waals surface area contributed by atoms with E-state index in [-0.39, 0.29) is 0 Å². The van der Waals surface area contributed by atoms with Gasteiger partial charge >= 0.3 is 0 Å². The number of unbranched alkanes of at least 4 members (excludes halogenated alkanes) is 1. The Hall–Kier alpha value is -0.790. The third-order valence-electron chi connectivity index (χ3n) is 1.12. The lowest BCUT2D eigenvalue weighted by Crippen LogP contribution is -1.82. The van der Waals surface area contributed by atoms with Crippen LogP contribution in [0.15, 0.2) is 16.9 Å².